The zero-order valence-electron chi connectivity index (χ0n) is 14.0. The number of nitrogens with one attached hydrogen (secondary N) is 1. The molecule has 2 unspecified atom stereocenters. The summed E-state index contributed by atoms with van der Waals surface area (Å²) in [6.45, 7) is 3.98. The second kappa shape index (κ2) is 8.61. The zero-order chi connectivity index (χ0) is 18.6. The molecule has 1 aliphatic heterocycles. The lowest BCUT2D eigenvalue weighted by molar-refractivity contribution is -0.147. The van der Waals surface area contributed by atoms with Crippen LogP contribution in [0.15, 0.2) is 20.1 Å². The summed E-state index contributed by atoms with van der Waals surface area (Å²) in [4.78, 5) is 24.0. The number of carbonyl (C=O) groups is 2. The number of hydrogen-bond acceptors (Lipinski definition) is 6. The van der Waals surface area contributed by atoms with Crippen LogP contribution in [0.3, 0.4) is 0 Å². The van der Waals surface area contributed by atoms with Gasteiger partial charge in [-0.25, -0.2) is 13.2 Å². The summed E-state index contributed by atoms with van der Waals surface area (Å²) in [6.07, 6.45) is 1.18. The van der Waals surface area contributed by atoms with Crippen LogP contribution in [0.5, 0.6) is 0 Å². The van der Waals surface area contributed by atoms with Crippen molar-refractivity contribution in [3.63, 3.8) is 0 Å². The molecule has 1 aliphatic rings. The summed E-state index contributed by atoms with van der Waals surface area (Å²) >= 11 is 4.41. The molecule has 0 radical (unpaired) electrons. The van der Waals surface area contributed by atoms with Crippen LogP contribution in [0.4, 0.5) is 0 Å². The van der Waals surface area contributed by atoms with Crippen LogP contribution in [0.25, 0.3) is 0 Å². The Kier molecular flexibility index (Phi) is 7.01. The number of rotatable bonds is 6. The van der Waals surface area contributed by atoms with Gasteiger partial charge in [-0.3, -0.25) is 4.79 Å². The van der Waals surface area contributed by atoms with Crippen LogP contribution in [0, 0.1) is 5.92 Å². The van der Waals surface area contributed by atoms with Crippen molar-refractivity contribution >= 4 is 49.2 Å². The summed E-state index contributed by atoms with van der Waals surface area (Å²) < 4.78 is 32.6. The minimum absolute atomic E-state index is 0.110. The number of hydrogen-bond donors (Lipinski definition) is 1. The molecular weight excluding hydrogens is 432 g/mol. The monoisotopic (exact) mass is 452 g/mol. The van der Waals surface area contributed by atoms with E-state index >= 15 is 0 Å². The molecule has 2 heterocycles. The predicted octanol–water partition coefficient (Wildman–Crippen LogP) is 1.98. The van der Waals surface area contributed by atoms with Gasteiger partial charge in [0.15, 0.2) is 0 Å². The minimum Gasteiger partial charge on any atom is -0.464 e. The highest BCUT2D eigenvalue weighted by Crippen LogP contribution is 2.30. The number of amides is 1. The van der Waals surface area contributed by atoms with E-state index in [2.05, 4.69) is 21.2 Å². The largest absolute Gasteiger partial charge is 0.464 e. The summed E-state index contributed by atoms with van der Waals surface area (Å²) in [7, 11) is -3.61. The molecule has 0 aliphatic carbocycles. The van der Waals surface area contributed by atoms with Gasteiger partial charge in [-0.2, -0.15) is 4.31 Å². The summed E-state index contributed by atoms with van der Waals surface area (Å²) in [5, 5.41) is 2.61. The van der Waals surface area contributed by atoms with E-state index in [1.807, 2.05) is 0 Å². The summed E-state index contributed by atoms with van der Waals surface area (Å²) in [6, 6.07) is 2.48. The third-order valence-electron chi connectivity index (χ3n) is 3.90. The number of sulfonamides is 1. The van der Waals surface area contributed by atoms with Gasteiger partial charge in [0.05, 0.1) is 16.3 Å². The standard InChI is InChI=1S/C15H21BrN2O5S2/c1-3-23-15(20)10(2)17-14(19)11-5-4-8-18(9-11)25(21,22)13-7-6-12(16)24-13/h6-7,10-11H,3-5,8-9H2,1-2H3,(H,17,19). The molecule has 2 rings (SSSR count). The first kappa shape index (κ1) is 20.3. The maximum Gasteiger partial charge on any atom is 0.328 e. The van der Waals surface area contributed by atoms with Gasteiger partial charge in [0.2, 0.25) is 5.91 Å². The van der Waals surface area contributed by atoms with E-state index in [0.717, 1.165) is 15.1 Å². The van der Waals surface area contributed by atoms with E-state index < -0.39 is 28.0 Å². The highest BCUT2D eigenvalue weighted by atomic mass is 79.9. The van der Waals surface area contributed by atoms with Crippen LogP contribution in [0.1, 0.15) is 26.7 Å². The highest BCUT2D eigenvalue weighted by molar-refractivity contribution is 9.11. The van der Waals surface area contributed by atoms with E-state index in [1.54, 1.807) is 26.0 Å². The molecule has 10 heteroatoms. The van der Waals surface area contributed by atoms with E-state index in [0.29, 0.717) is 19.4 Å². The second-order valence-electron chi connectivity index (χ2n) is 5.74. The van der Waals surface area contributed by atoms with Crippen molar-refractivity contribution in [2.24, 2.45) is 5.92 Å². The van der Waals surface area contributed by atoms with Gasteiger partial charge < -0.3 is 10.1 Å². The molecule has 1 fully saturated rings. The molecule has 1 aromatic heterocycles. The number of halogens is 1. The molecule has 1 aromatic rings. The van der Waals surface area contributed by atoms with E-state index in [9.17, 15) is 18.0 Å². The Morgan fingerprint density at radius 2 is 2.20 bits per heavy atom. The lowest BCUT2D eigenvalue weighted by Crippen LogP contribution is -2.48. The SMILES string of the molecule is CCOC(=O)C(C)NC(=O)C1CCCN(S(=O)(=O)c2ccc(Br)s2)C1. The van der Waals surface area contributed by atoms with Gasteiger partial charge in [0.25, 0.3) is 10.0 Å². The number of nitrogens with zero attached hydrogens (tertiary/aromatic N) is 1. The molecule has 1 amide bonds. The first-order valence-electron chi connectivity index (χ1n) is 7.98. The third-order valence-corrected chi connectivity index (χ3v) is 7.85. The van der Waals surface area contributed by atoms with Gasteiger partial charge in [-0.1, -0.05) is 0 Å². The first-order valence-corrected chi connectivity index (χ1v) is 11.0. The van der Waals surface area contributed by atoms with Crippen LogP contribution in [-0.2, 0) is 24.3 Å². The van der Waals surface area contributed by atoms with E-state index in [4.69, 9.17) is 4.74 Å². The Morgan fingerprint density at radius 1 is 1.48 bits per heavy atom. The highest BCUT2D eigenvalue weighted by Gasteiger charge is 2.34. The molecule has 1 saturated heterocycles. The molecule has 25 heavy (non-hydrogen) atoms. The molecular formula is C15H21BrN2O5S2. The molecule has 2 atom stereocenters. The smallest absolute Gasteiger partial charge is 0.328 e. The van der Waals surface area contributed by atoms with Crippen LogP contribution in [-0.4, -0.2) is 50.3 Å². The van der Waals surface area contributed by atoms with Crippen molar-refractivity contribution in [3.8, 4) is 0 Å². The number of carbonyl (C=O) groups excluding carboxylic acids is 2. The van der Waals surface area contributed by atoms with Crippen molar-refractivity contribution in [2.75, 3.05) is 19.7 Å². The topological polar surface area (TPSA) is 92.8 Å². The Balaban J connectivity index is 2.03. The second-order valence-corrected chi connectivity index (χ2v) is 10.4. The molecule has 7 nitrogen and oxygen atoms in total. The number of ether oxygens (including phenoxy) is 1. The average Bonchev–Trinajstić information content (AvgIpc) is 3.02. The molecule has 0 spiro atoms. The molecule has 140 valence electrons. The maximum atomic E-state index is 12.7. The van der Waals surface area contributed by atoms with Gasteiger partial charge >= 0.3 is 5.97 Å². The molecule has 0 saturated carbocycles. The number of thiophene rings is 1. The predicted molar refractivity (Wildman–Crippen MR) is 97.7 cm³/mol. The maximum absolute atomic E-state index is 12.7. The fraction of sp³-hybridized carbons (Fsp3) is 0.600. The number of piperidine rings is 1. The van der Waals surface area contributed by atoms with Crippen molar-refractivity contribution in [1.29, 1.82) is 0 Å². The Hall–Kier alpha value is -0.970. The Labute approximate surface area is 159 Å². The van der Waals surface area contributed by atoms with E-state index in [1.165, 1.54) is 4.31 Å². The van der Waals surface area contributed by atoms with Crippen molar-refractivity contribution in [2.45, 2.75) is 36.9 Å². The van der Waals surface area contributed by atoms with Gasteiger partial charge in [0, 0.05) is 13.1 Å². The lowest BCUT2D eigenvalue weighted by Gasteiger charge is -2.31. The van der Waals surface area contributed by atoms with Crippen LogP contribution < -0.4 is 5.32 Å². The van der Waals surface area contributed by atoms with Crippen LogP contribution in [0.2, 0.25) is 0 Å². The molecule has 1 N–H and O–H groups in total. The number of esters is 1. The third kappa shape index (κ3) is 5.02. The lowest BCUT2D eigenvalue weighted by atomic mass is 9.98. The summed E-state index contributed by atoms with van der Waals surface area (Å²) in [5.74, 6) is -1.31. The van der Waals surface area contributed by atoms with E-state index in [-0.39, 0.29) is 23.3 Å². The van der Waals surface area contributed by atoms with Gasteiger partial charge in [0.1, 0.15) is 10.3 Å². The van der Waals surface area contributed by atoms with Gasteiger partial charge in [-0.15, -0.1) is 11.3 Å². The van der Waals surface area contributed by atoms with Crippen molar-refractivity contribution in [1.82, 2.24) is 9.62 Å². The Bertz CT molecular complexity index is 734. The minimum atomic E-state index is -3.61. The fourth-order valence-electron chi connectivity index (χ4n) is 2.60. The zero-order valence-corrected chi connectivity index (χ0v) is 17.2. The average molecular weight is 453 g/mol. The van der Waals surface area contributed by atoms with Crippen molar-refractivity contribution in [3.05, 3.63) is 15.9 Å². The van der Waals surface area contributed by atoms with Crippen LogP contribution >= 0.6 is 27.3 Å². The fourth-order valence-corrected chi connectivity index (χ4v) is 6.28. The molecule has 0 bridgehead atoms. The normalized spacial score (nSPS) is 20.0. The van der Waals surface area contributed by atoms with Gasteiger partial charge in [-0.05, 0) is 54.8 Å². The Morgan fingerprint density at radius 3 is 2.80 bits per heavy atom. The first-order chi connectivity index (χ1) is 11.8. The molecule has 0 aromatic carbocycles. The summed E-state index contributed by atoms with van der Waals surface area (Å²) in [5.41, 5.74) is 0. The van der Waals surface area contributed by atoms with Crippen molar-refractivity contribution < 1.29 is 22.7 Å². The quantitative estimate of drug-likeness (QED) is 0.665.